The predicted molar refractivity (Wildman–Crippen MR) is 259 cm³/mol. The van der Waals surface area contributed by atoms with Gasteiger partial charge in [0.15, 0.2) is 0 Å². The van der Waals surface area contributed by atoms with E-state index < -0.39 is 5.41 Å². The molecule has 3 aliphatic carbocycles. The van der Waals surface area contributed by atoms with Crippen molar-refractivity contribution >= 4 is 17.1 Å². The molecule has 306 valence electrons. The van der Waals surface area contributed by atoms with E-state index in [1.54, 1.807) is 0 Å². The molecule has 0 heterocycles. The summed E-state index contributed by atoms with van der Waals surface area (Å²) in [7, 11) is 0. The van der Waals surface area contributed by atoms with Crippen molar-refractivity contribution in [2.24, 2.45) is 0 Å². The van der Waals surface area contributed by atoms with Crippen LogP contribution in [0.25, 0.3) is 22.3 Å². The number of benzene rings is 7. The van der Waals surface area contributed by atoms with Gasteiger partial charge in [-0.1, -0.05) is 189 Å². The van der Waals surface area contributed by atoms with Crippen LogP contribution in [-0.4, -0.2) is 0 Å². The summed E-state index contributed by atoms with van der Waals surface area (Å²) in [5.74, 6) is 0. The van der Waals surface area contributed by atoms with Gasteiger partial charge in [-0.15, -0.1) is 0 Å². The summed E-state index contributed by atoms with van der Waals surface area (Å²) in [6, 6.07) is 60.5. The van der Waals surface area contributed by atoms with Crippen LogP contribution in [-0.2, 0) is 27.1 Å². The number of nitrogens with zero attached hydrogens (tertiary/aromatic N) is 1. The number of fused-ring (bicyclic) bond motifs is 5. The highest BCUT2D eigenvalue weighted by Gasteiger charge is 2.48. The maximum atomic E-state index is 2.67. The average Bonchev–Trinajstić information content (AvgIpc) is 3.55. The maximum absolute atomic E-state index is 2.67. The first-order valence-electron chi connectivity index (χ1n) is 22.7. The molecule has 7 aromatic carbocycles. The van der Waals surface area contributed by atoms with Gasteiger partial charge in [0.05, 0.1) is 16.8 Å². The third kappa shape index (κ3) is 6.01. The Bertz CT molecular complexity index is 2760. The number of hydrogen-bond acceptors (Lipinski definition) is 1. The van der Waals surface area contributed by atoms with E-state index in [4.69, 9.17) is 0 Å². The Morgan fingerprint density at radius 3 is 1.56 bits per heavy atom. The minimum Gasteiger partial charge on any atom is -0.309 e. The largest absolute Gasteiger partial charge is 0.309 e. The van der Waals surface area contributed by atoms with Gasteiger partial charge in [0.1, 0.15) is 0 Å². The highest BCUT2D eigenvalue weighted by atomic mass is 15.2. The van der Waals surface area contributed by atoms with Crippen molar-refractivity contribution in [3.05, 3.63) is 208 Å². The molecule has 0 spiro atoms. The van der Waals surface area contributed by atoms with Crippen LogP contribution >= 0.6 is 0 Å². The number of para-hydroxylation sites is 1. The van der Waals surface area contributed by atoms with Crippen molar-refractivity contribution in [2.45, 2.75) is 115 Å². The van der Waals surface area contributed by atoms with Gasteiger partial charge >= 0.3 is 0 Å². The molecule has 0 saturated carbocycles. The molecule has 3 aliphatic rings. The molecule has 0 N–H and O–H groups in total. The summed E-state index contributed by atoms with van der Waals surface area (Å²) in [5, 5.41) is 0. The first-order chi connectivity index (χ1) is 29.1. The standard InChI is InChI=1S/C60H61N/c1-40-29-31-50-54(59(8,9)36-35-57(50,4)5)55(40)61(44-25-17-12-18-26-44)53-39-51-47(38-46(53)41-30-32-49-52(37-41)58(6,7)34-33-56(49,2)3)45-27-19-20-28-48(45)60(51,42-21-13-10-14-22-42)43-23-15-11-16-24-43/h10-32,37-39H,33-36H2,1-9H3. The molecule has 1 heteroatoms. The molecule has 0 atom stereocenters. The zero-order chi connectivity index (χ0) is 42.5. The molecule has 7 aromatic rings. The van der Waals surface area contributed by atoms with Crippen molar-refractivity contribution in [1.29, 1.82) is 0 Å². The minimum absolute atomic E-state index is 0.0222. The molecule has 61 heavy (non-hydrogen) atoms. The van der Waals surface area contributed by atoms with Gasteiger partial charge in [0, 0.05) is 11.3 Å². The number of rotatable bonds is 6. The number of hydrogen-bond donors (Lipinski definition) is 0. The van der Waals surface area contributed by atoms with Crippen LogP contribution in [0.2, 0.25) is 0 Å². The van der Waals surface area contributed by atoms with Gasteiger partial charge in [0.25, 0.3) is 0 Å². The van der Waals surface area contributed by atoms with Gasteiger partial charge in [-0.2, -0.15) is 0 Å². The molecular weight excluding hydrogens is 735 g/mol. The molecule has 1 nitrogen and oxygen atoms in total. The summed E-state index contributed by atoms with van der Waals surface area (Å²) in [6.07, 6.45) is 4.68. The maximum Gasteiger partial charge on any atom is 0.0714 e. The summed E-state index contributed by atoms with van der Waals surface area (Å²) >= 11 is 0. The van der Waals surface area contributed by atoms with Crippen molar-refractivity contribution in [3.63, 3.8) is 0 Å². The predicted octanol–water partition coefficient (Wildman–Crippen LogP) is 16.2. The lowest BCUT2D eigenvalue weighted by molar-refractivity contribution is 0.332. The van der Waals surface area contributed by atoms with Crippen molar-refractivity contribution < 1.29 is 0 Å². The fraction of sp³-hybridized carbons (Fsp3) is 0.300. The minimum atomic E-state index is -0.529. The molecule has 0 radical (unpaired) electrons. The highest BCUT2D eigenvalue weighted by molar-refractivity contribution is 5.97. The van der Waals surface area contributed by atoms with Crippen molar-refractivity contribution in [2.75, 3.05) is 4.90 Å². The second kappa shape index (κ2) is 13.9. The normalized spacial score (nSPS) is 18.3. The van der Waals surface area contributed by atoms with Crippen LogP contribution in [0.5, 0.6) is 0 Å². The quantitative estimate of drug-likeness (QED) is 0.162. The Hall–Kier alpha value is -5.66. The fourth-order valence-electron chi connectivity index (χ4n) is 11.7. The van der Waals surface area contributed by atoms with Gasteiger partial charge in [-0.25, -0.2) is 0 Å². The van der Waals surface area contributed by atoms with E-state index in [1.165, 1.54) is 109 Å². The lowest BCUT2D eigenvalue weighted by Crippen LogP contribution is -2.36. The first kappa shape index (κ1) is 39.5. The molecule has 0 amide bonds. The van der Waals surface area contributed by atoms with Crippen LogP contribution in [0.1, 0.15) is 131 Å². The van der Waals surface area contributed by atoms with Crippen LogP contribution in [0, 0.1) is 6.92 Å². The van der Waals surface area contributed by atoms with E-state index in [0.717, 1.165) is 6.42 Å². The highest BCUT2D eigenvalue weighted by Crippen LogP contribution is 2.60. The third-order valence-corrected chi connectivity index (χ3v) is 15.4. The fourth-order valence-corrected chi connectivity index (χ4v) is 11.7. The van der Waals surface area contributed by atoms with Crippen LogP contribution in [0.15, 0.2) is 158 Å². The topological polar surface area (TPSA) is 3.24 Å². The molecule has 0 bridgehead atoms. The number of aryl methyl sites for hydroxylation is 1. The van der Waals surface area contributed by atoms with Crippen LogP contribution in [0.3, 0.4) is 0 Å². The van der Waals surface area contributed by atoms with E-state index in [-0.39, 0.29) is 21.7 Å². The summed E-state index contributed by atoms with van der Waals surface area (Å²) < 4.78 is 0. The third-order valence-electron chi connectivity index (χ3n) is 15.4. The lowest BCUT2D eigenvalue weighted by atomic mass is 9.62. The molecule has 0 aliphatic heterocycles. The first-order valence-corrected chi connectivity index (χ1v) is 22.7. The Balaban J connectivity index is 1.38. The molecule has 0 aromatic heterocycles. The second-order valence-electron chi connectivity index (χ2n) is 21.1. The molecular formula is C60H61N. The van der Waals surface area contributed by atoms with Gasteiger partial charge < -0.3 is 4.90 Å². The summed E-state index contributed by atoms with van der Waals surface area (Å²) in [4.78, 5) is 2.67. The Morgan fingerprint density at radius 2 is 0.918 bits per heavy atom. The average molecular weight is 796 g/mol. The smallest absolute Gasteiger partial charge is 0.0714 e. The summed E-state index contributed by atoms with van der Waals surface area (Å²) in [6.45, 7) is 22.0. The van der Waals surface area contributed by atoms with E-state index in [1.807, 2.05) is 0 Å². The van der Waals surface area contributed by atoms with E-state index in [2.05, 4.69) is 225 Å². The second-order valence-corrected chi connectivity index (χ2v) is 21.1. The van der Waals surface area contributed by atoms with Crippen LogP contribution < -0.4 is 4.90 Å². The van der Waals surface area contributed by atoms with Gasteiger partial charge in [-0.3, -0.25) is 0 Å². The molecule has 0 saturated heterocycles. The molecule has 10 rings (SSSR count). The van der Waals surface area contributed by atoms with Gasteiger partial charge in [0.2, 0.25) is 0 Å². The Labute approximate surface area is 365 Å². The Kier molecular flexibility index (Phi) is 9.02. The monoisotopic (exact) mass is 795 g/mol. The number of anilines is 3. The Morgan fingerprint density at radius 1 is 0.393 bits per heavy atom. The van der Waals surface area contributed by atoms with Crippen molar-refractivity contribution in [1.82, 2.24) is 0 Å². The van der Waals surface area contributed by atoms with Crippen molar-refractivity contribution in [3.8, 4) is 22.3 Å². The molecule has 0 unspecified atom stereocenters. The SMILES string of the molecule is Cc1ccc2c(c1N(c1ccccc1)c1cc3c(cc1-c1ccc4c(c1)C(C)(C)CCC4(C)C)-c1ccccc1C3(c1ccccc1)c1ccccc1)C(C)(C)CCC2(C)C. The van der Waals surface area contributed by atoms with Gasteiger partial charge in [-0.05, 0) is 145 Å². The van der Waals surface area contributed by atoms with E-state index >= 15 is 0 Å². The molecule has 0 fully saturated rings. The van der Waals surface area contributed by atoms with E-state index in [0.29, 0.717) is 0 Å². The zero-order valence-electron chi connectivity index (χ0n) is 37.8. The lowest BCUT2D eigenvalue weighted by Gasteiger charge is -2.45. The van der Waals surface area contributed by atoms with E-state index in [9.17, 15) is 0 Å². The summed E-state index contributed by atoms with van der Waals surface area (Å²) in [5.41, 5.74) is 21.0. The zero-order valence-corrected chi connectivity index (χ0v) is 37.8. The van der Waals surface area contributed by atoms with Crippen LogP contribution in [0.4, 0.5) is 17.1 Å².